The minimum absolute atomic E-state index is 0.0112. The lowest BCUT2D eigenvalue weighted by Crippen LogP contribution is -2.18. The smallest absolute Gasteiger partial charge is 0.307 e. The molecule has 0 atom stereocenters. The van der Waals surface area contributed by atoms with Crippen LogP contribution >= 0.6 is 22.7 Å². The van der Waals surface area contributed by atoms with E-state index >= 15 is 0 Å². The average Bonchev–Trinajstić information content (AvgIpc) is 2.98. The molecular formula is C12H13N5OS2. The predicted molar refractivity (Wildman–Crippen MR) is 82.4 cm³/mol. The van der Waals surface area contributed by atoms with Crippen molar-refractivity contribution in [2.45, 2.75) is 20.4 Å². The van der Waals surface area contributed by atoms with Crippen LogP contribution in [0.5, 0.6) is 0 Å². The Bertz CT molecular complexity index is 832. The number of nitrogens with zero attached hydrogens (tertiary/aromatic N) is 3. The third-order valence-electron chi connectivity index (χ3n) is 3.18. The largest absolute Gasteiger partial charge is 0.308 e. The van der Waals surface area contributed by atoms with Crippen molar-refractivity contribution in [2.75, 3.05) is 5.43 Å². The maximum Gasteiger partial charge on any atom is 0.307 e. The van der Waals surface area contributed by atoms with Gasteiger partial charge in [-0.2, -0.15) is 0 Å². The van der Waals surface area contributed by atoms with Crippen LogP contribution in [0.4, 0.5) is 5.82 Å². The van der Waals surface area contributed by atoms with Crippen LogP contribution in [0.3, 0.4) is 0 Å². The topological polar surface area (TPSA) is 85.8 Å². The Balaban J connectivity index is 2.08. The Kier molecular flexibility index (Phi) is 3.28. The van der Waals surface area contributed by atoms with Gasteiger partial charge in [0.1, 0.15) is 4.83 Å². The van der Waals surface area contributed by atoms with Gasteiger partial charge in [-0.05, 0) is 25.3 Å². The summed E-state index contributed by atoms with van der Waals surface area (Å²) in [5.74, 6) is 6.67. The van der Waals surface area contributed by atoms with Crippen LogP contribution in [0.15, 0.2) is 16.2 Å². The Morgan fingerprint density at radius 3 is 2.85 bits per heavy atom. The maximum atomic E-state index is 11.9. The summed E-state index contributed by atoms with van der Waals surface area (Å²) in [6.45, 7) is 4.23. The van der Waals surface area contributed by atoms with Crippen LogP contribution < -0.4 is 16.1 Å². The first-order valence-corrected chi connectivity index (χ1v) is 7.67. The first-order valence-electron chi connectivity index (χ1n) is 5.97. The summed E-state index contributed by atoms with van der Waals surface area (Å²) in [5, 5.41) is 2.84. The molecule has 6 nitrogen and oxygen atoms in total. The minimum Gasteiger partial charge on any atom is -0.308 e. The first-order chi connectivity index (χ1) is 9.60. The number of thiophene rings is 1. The molecule has 8 heteroatoms. The highest BCUT2D eigenvalue weighted by molar-refractivity contribution is 7.16. The van der Waals surface area contributed by atoms with E-state index in [1.807, 2.05) is 25.3 Å². The van der Waals surface area contributed by atoms with Crippen LogP contribution in [0.1, 0.15) is 16.4 Å². The molecule has 3 N–H and O–H groups in total. The minimum atomic E-state index is 0.0112. The van der Waals surface area contributed by atoms with Crippen LogP contribution in [-0.4, -0.2) is 14.5 Å². The second-order valence-electron chi connectivity index (χ2n) is 4.37. The molecule has 0 saturated carbocycles. The quantitative estimate of drug-likeness (QED) is 0.570. The molecule has 0 amide bonds. The van der Waals surface area contributed by atoms with Gasteiger partial charge in [0.25, 0.3) is 0 Å². The third-order valence-corrected chi connectivity index (χ3v) is 4.99. The molecule has 3 rings (SSSR count). The molecule has 0 saturated heterocycles. The van der Waals surface area contributed by atoms with Crippen LogP contribution in [0, 0.1) is 13.8 Å². The highest BCUT2D eigenvalue weighted by Crippen LogP contribution is 2.24. The normalized spacial score (nSPS) is 11.2. The van der Waals surface area contributed by atoms with Crippen LogP contribution in [-0.2, 0) is 6.54 Å². The van der Waals surface area contributed by atoms with Gasteiger partial charge in [-0.15, -0.1) is 11.3 Å². The molecule has 0 aliphatic rings. The maximum absolute atomic E-state index is 11.9. The Labute approximate surface area is 122 Å². The molecule has 0 bridgehead atoms. The summed E-state index contributed by atoms with van der Waals surface area (Å²) in [6.07, 6.45) is 0. The number of nitrogens with two attached hydrogens (primary N) is 1. The molecule has 0 radical (unpaired) electrons. The van der Waals surface area contributed by atoms with Crippen molar-refractivity contribution in [1.82, 2.24) is 14.5 Å². The second kappa shape index (κ2) is 4.97. The fraction of sp³-hybridized carbons (Fsp3) is 0.250. The number of aromatic nitrogens is 3. The highest BCUT2D eigenvalue weighted by atomic mass is 32.1. The molecule has 0 fully saturated rings. The number of nitrogen functional groups attached to an aromatic ring is 1. The van der Waals surface area contributed by atoms with E-state index < -0.39 is 0 Å². The Morgan fingerprint density at radius 2 is 2.20 bits per heavy atom. The van der Waals surface area contributed by atoms with Crippen molar-refractivity contribution in [3.8, 4) is 0 Å². The zero-order valence-corrected chi connectivity index (χ0v) is 12.6. The summed E-state index contributed by atoms with van der Waals surface area (Å²) in [4.78, 5) is 22.7. The van der Waals surface area contributed by atoms with E-state index in [4.69, 9.17) is 5.84 Å². The zero-order chi connectivity index (χ0) is 14.3. The number of hydrazine groups is 1. The predicted octanol–water partition coefficient (Wildman–Crippen LogP) is 1.87. The molecule has 3 aromatic heterocycles. The Morgan fingerprint density at radius 1 is 1.40 bits per heavy atom. The van der Waals surface area contributed by atoms with Gasteiger partial charge >= 0.3 is 4.87 Å². The monoisotopic (exact) mass is 307 g/mol. The van der Waals surface area contributed by atoms with Crippen molar-refractivity contribution in [2.24, 2.45) is 5.84 Å². The SMILES string of the molecule is Cc1sc(=O)n(Cc2nc(NN)c3ccsc3n2)c1C. The lowest BCUT2D eigenvalue weighted by Gasteiger charge is -2.07. The lowest BCUT2D eigenvalue weighted by molar-refractivity contribution is 0.714. The number of rotatable bonds is 3. The molecule has 20 heavy (non-hydrogen) atoms. The molecule has 3 heterocycles. The number of thiazole rings is 1. The lowest BCUT2D eigenvalue weighted by atomic mass is 10.3. The fourth-order valence-electron chi connectivity index (χ4n) is 1.99. The van der Waals surface area contributed by atoms with Crippen LogP contribution in [0.25, 0.3) is 10.2 Å². The Hall–Kier alpha value is -1.77. The second-order valence-corrected chi connectivity index (χ2v) is 6.43. The van der Waals surface area contributed by atoms with Crippen LogP contribution in [0.2, 0.25) is 0 Å². The van der Waals surface area contributed by atoms with Gasteiger partial charge in [-0.1, -0.05) is 11.3 Å². The summed E-state index contributed by atoms with van der Waals surface area (Å²) in [5.41, 5.74) is 3.54. The average molecular weight is 307 g/mol. The van der Waals surface area contributed by atoms with Crippen molar-refractivity contribution in [3.63, 3.8) is 0 Å². The molecule has 3 aromatic rings. The molecule has 0 unspecified atom stereocenters. The van der Waals surface area contributed by atoms with E-state index in [0.717, 1.165) is 20.8 Å². The van der Waals surface area contributed by atoms with Crippen molar-refractivity contribution in [1.29, 1.82) is 0 Å². The van der Waals surface area contributed by atoms with Gasteiger partial charge in [0.2, 0.25) is 0 Å². The van der Waals surface area contributed by atoms with Gasteiger partial charge in [-0.3, -0.25) is 9.36 Å². The van der Waals surface area contributed by atoms with Gasteiger partial charge in [0.15, 0.2) is 11.6 Å². The number of nitrogens with one attached hydrogen (secondary N) is 1. The number of hydrogen-bond donors (Lipinski definition) is 2. The molecule has 0 aromatic carbocycles. The van der Waals surface area contributed by atoms with E-state index in [0.29, 0.717) is 18.2 Å². The van der Waals surface area contributed by atoms with E-state index in [-0.39, 0.29) is 4.87 Å². The highest BCUT2D eigenvalue weighted by Gasteiger charge is 2.12. The molecule has 0 spiro atoms. The summed E-state index contributed by atoms with van der Waals surface area (Å²) < 4.78 is 1.69. The zero-order valence-electron chi connectivity index (χ0n) is 11.0. The molecule has 0 aliphatic carbocycles. The van der Waals surface area contributed by atoms with E-state index in [9.17, 15) is 4.79 Å². The van der Waals surface area contributed by atoms with E-state index in [1.54, 1.807) is 4.57 Å². The van der Waals surface area contributed by atoms with Gasteiger partial charge in [-0.25, -0.2) is 15.8 Å². The van der Waals surface area contributed by atoms with Gasteiger partial charge in [0, 0.05) is 10.6 Å². The number of fused-ring (bicyclic) bond motifs is 1. The standard InChI is InChI=1S/C12H13N5OS2/c1-6-7(2)20-12(18)17(6)5-9-14-10(16-13)8-3-4-19-11(8)15-9/h3-4H,5,13H2,1-2H3,(H,14,15,16). The van der Waals surface area contributed by atoms with Gasteiger partial charge < -0.3 is 5.43 Å². The number of hydrogen-bond acceptors (Lipinski definition) is 7. The van der Waals surface area contributed by atoms with Crippen molar-refractivity contribution >= 4 is 38.7 Å². The summed E-state index contributed by atoms with van der Waals surface area (Å²) in [6, 6.07) is 1.92. The van der Waals surface area contributed by atoms with E-state index in [1.165, 1.54) is 22.7 Å². The molecule has 0 aliphatic heterocycles. The van der Waals surface area contributed by atoms with Crippen molar-refractivity contribution < 1.29 is 0 Å². The van der Waals surface area contributed by atoms with Gasteiger partial charge in [0.05, 0.1) is 11.9 Å². The number of anilines is 1. The number of aryl methyl sites for hydroxylation is 1. The summed E-state index contributed by atoms with van der Waals surface area (Å²) in [7, 11) is 0. The third kappa shape index (κ3) is 2.11. The van der Waals surface area contributed by atoms with Crippen molar-refractivity contribution in [3.05, 3.63) is 37.5 Å². The molecule has 104 valence electrons. The first kappa shape index (κ1) is 13.2. The molecular weight excluding hydrogens is 294 g/mol. The summed E-state index contributed by atoms with van der Waals surface area (Å²) >= 11 is 2.77. The van der Waals surface area contributed by atoms with E-state index in [2.05, 4.69) is 15.4 Å². The fourth-order valence-corrected chi connectivity index (χ4v) is 3.61.